The molecule has 0 N–H and O–H groups in total. The van der Waals surface area contributed by atoms with Gasteiger partial charge in [0.05, 0.1) is 6.61 Å². The summed E-state index contributed by atoms with van der Waals surface area (Å²) in [6.07, 6.45) is 2.09. The first-order valence-electron chi connectivity index (χ1n) is 5.26. The molecule has 0 saturated carbocycles. The Kier molecular flexibility index (Phi) is 3.95. The molecular formula is C12H15ClOS. The number of hydrogen-bond acceptors (Lipinski definition) is 2. The third-order valence-electron chi connectivity index (χ3n) is 2.85. The van der Waals surface area contributed by atoms with Gasteiger partial charge in [-0.1, -0.05) is 23.7 Å². The number of benzene rings is 1. The maximum atomic E-state index is 5.84. The summed E-state index contributed by atoms with van der Waals surface area (Å²) < 4.78 is 5.47. The highest BCUT2D eigenvalue weighted by atomic mass is 35.5. The van der Waals surface area contributed by atoms with Crippen molar-refractivity contribution in [1.82, 2.24) is 0 Å². The van der Waals surface area contributed by atoms with Crippen molar-refractivity contribution in [2.24, 2.45) is 5.92 Å². The molecule has 0 unspecified atom stereocenters. The van der Waals surface area contributed by atoms with Gasteiger partial charge in [-0.15, -0.1) is 0 Å². The largest absolute Gasteiger partial charge is 0.381 e. The molecule has 0 aromatic heterocycles. The second-order valence-corrected chi connectivity index (χ2v) is 5.12. The number of ether oxygens (including phenoxy) is 1. The Bertz CT molecular complexity index is 312. The normalized spacial score (nSPS) is 26.5. The lowest BCUT2D eigenvalue weighted by Crippen LogP contribution is -2.29. The topological polar surface area (TPSA) is 9.23 Å². The van der Waals surface area contributed by atoms with Gasteiger partial charge in [0.1, 0.15) is 0 Å². The van der Waals surface area contributed by atoms with E-state index in [1.165, 1.54) is 5.56 Å². The van der Waals surface area contributed by atoms with Crippen LogP contribution >= 0.6 is 24.2 Å². The predicted octanol–water partition coefficient (Wildman–Crippen LogP) is 3.22. The molecule has 0 bridgehead atoms. The van der Waals surface area contributed by atoms with E-state index < -0.39 is 0 Å². The van der Waals surface area contributed by atoms with E-state index in [4.69, 9.17) is 16.3 Å². The van der Waals surface area contributed by atoms with Crippen LogP contribution in [-0.4, -0.2) is 18.5 Å². The Labute approximate surface area is 101 Å². The fourth-order valence-electron chi connectivity index (χ4n) is 1.90. The summed E-state index contributed by atoms with van der Waals surface area (Å²) in [5, 5.41) is 1.26. The van der Waals surface area contributed by atoms with Gasteiger partial charge in [0.25, 0.3) is 0 Å². The van der Waals surface area contributed by atoms with Crippen LogP contribution in [0.25, 0.3) is 0 Å². The molecule has 0 spiro atoms. The van der Waals surface area contributed by atoms with Crippen molar-refractivity contribution in [3.63, 3.8) is 0 Å². The van der Waals surface area contributed by atoms with Gasteiger partial charge >= 0.3 is 0 Å². The van der Waals surface area contributed by atoms with E-state index in [-0.39, 0.29) is 0 Å². The summed E-state index contributed by atoms with van der Waals surface area (Å²) in [6.45, 7) is 1.68. The SMILES string of the molecule is S[C@H]1CCOC[C@H]1Cc1ccc(Cl)cc1. The van der Waals surface area contributed by atoms with E-state index in [2.05, 4.69) is 24.8 Å². The average Bonchev–Trinajstić information content (AvgIpc) is 2.25. The molecule has 0 radical (unpaired) electrons. The Hall–Kier alpha value is -0.180. The standard InChI is InChI=1S/C12H15ClOS/c13-11-3-1-9(2-4-11)7-10-8-14-6-5-12(10)15/h1-4,10,12,15H,5-8H2/t10-,12+/m1/s1. The van der Waals surface area contributed by atoms with E-state index in [9.17, 15) is 0 Å². The van der Waals surface area contributed by atoms with Gasteiger partial charge in [0.2, 0.25) is 0 Å². The van der Waals surface area contributed by atoms with Gasteiger partial charge < -0.3 is 4.74 Å². The van der Waals surface area contributed by atoms with Crippen LogP contribution in [0.15, 0.2) is 24.3 Å². The van der Waals surface area contributed by atoms with Crippen molar-refractivity contribution < 1.29 is 4.74 Å². The van der Waals surface area contributed by atoms with Gasteiger partial charge in [-0.25, -0.2) is 0 Å². The second kappa shape index (κ2) is 5.24. The number of halogens is 1. The van der Waals surface area contributed by atoms with Crippen molar-refractivity contribution in [3.8, 4) is 0 Å². The third kappa shape index (κ3) is 3.13. The maximum absolute atomic E-state index is 5.84. The number of thiol groups is 1. The summed E-state index contributed by atoms with van der Waals surface area (Å²) in [7, 11) is 0. The van der Waals surface area contributed by atoms with Crippen molar-refractivity contribution in [2.75, 3.05) is 13.2 Å². The molecular weight excluding hydrogens is 228 g/mol. The van der Waals surface area contributed by atoms with Gasteiger partial charge in [-0.2, -0.15) is 12.6 Å². The zero-order valence-electron chi connectivity index (χ0n) is 8.53. The minimum atomic E-state index is 0.467. The van der Waals surface area contributed by atoms with Crippen LogP contribution < -0.4 is 0 Å². The molecule has 2 atom stereocenters. The summed E-state index contributed by atoms with van der Waals surface area (Å²) in [6, 6.07) is 8.04. The highest BCUT2D eigenvalue weighted by molar-refractivity contribution is 7.81. The third-order valence-corrected chi connectivity index (χ3v) is 3.78. The molecule has 1 aliphatic rings. The summed E-state index contributed by atoms with van der Waals surface area (Å²) in [4.78, 5) is 0. The van der Waals surface area contributed by atoms with Gasteiger partial charge in [0, 0.05) is 16.9 Å². The average molecular weight is 243 g/mol. The van der Waals surface area contributed by atoms with Crippen molar-refractivity contribution >= 4 is 24.2 Å². The van der Waals surface area contributed by atoms with Crippen molar-refractivity contribution in [3.05, 3.63) is 34.9 Å². The van der Waals surface area contributed by atoms with Crippen LogP contribution in [0.1, 0.15) is 12.0 Å². The molecule has 1 fully saturated rings. The second-order valence-electron chi connectivity index (χ2n) is 4.02. The van der Waals surface area contributed by atoms with Crippen LogP contribution in [0.5, 0.6) is 0 Å². The molecule has 82 valence electrons. The van der Waals surface area contributed by atoms with Crippen molar-refractivity contribution in [2.45, 2.75) is 18.1 Å². The van der Waals surface area contributed by atoms with Crippen LogP contribution in [0.2, 0.25) is 5.02 Å². The zero-order valence-corrected chi connectivity index (χ0v) is 10.2. The smallest absolute Gasteiger partial charge is 0.0507 e. The molecule has 3 heteroatoms. The molecule has 1 heterocycles. The number of rotatable bonds is 2. The van der Waals surface area contributed by atoms with Crippen molar-refractivity contribution in [1.29, 1.82) is 0 Å². The molecule has 1 aliphatic heterocycles. The molecule has 2 rings (SSSR count). The Morgan fingerprint density at radius 1 is 1.33 bits per heavy atom. The summed E-state index contributed by atoms with van der Waals surface area (Å²) in [5.74, 6) is 0.531. The van der Waals surface area contributed by atoms with Crippen LogP contribution in [-0.2, 0) is 11.2 Å². The lowest BCUT2D eigenvalue weighted by molar-refractivity contribution is 0.0596. The first-order valence-corrected chi connectivity index (χ1v) is 6.15. The van der Waals surface area contributed by atoms with E-state index >= 15 is 0 Å². The van der Waals surface area contributed by atoms with E-state index in [0.717, 1.165) is 31.1 Å². The van der Waals surface area contributed by atoms with E-state index in [1.807, 2.05) is 12.1 Å². The monoisotopic (exact) mass is 242 g/mol. The molecule has 1 nitrogen and oxygen atoms in total. The number of hydrogen-bond donors (Lipinski definition) is 1. The summed E-state index contributed by atoms with van der Waals surface area (Å²) in [5.41, 5.74) is 1.31. The van der Waals surface area contributed by atoms with E-state index in [0.29, 0.717) is 11.2 Å². The molecule has 0 amide bonds. The fraction of sp³-hybridized carbons (Fsp3) is 0.500. The van der Waals surface area contributed by atoms with E-state index in [1.54, 1.807) is 0 Å². The highest BCUT2D eigenvalue weighted by Crippen LogP contribution is 2.24. The van der Waals surface area contributed by atoms with Gasteiger partial charge in [-0.3, -0.25) is 0 Å². The minimum Gasteiger partial charge on any atom is -0.381 e. The van der Waals surface area contributed by atoms with Gasteiger partial charge in [-0.05, 0) is 36.5 Å². The predicted molar refractivity (Wildman–Crippen MR) is 66.9 cm³/mol. The zero-order chi connectivity index (χ0) is 10.7. The fourth-order valence-corrected chi connectivity index (χ4v) is 2.33. The Balaban J connectivity index is 1.98. The first-order chi connectivity index (χ1) is 7.25. The minimum absolute atomic E-state index is 0.467. The Morgan fingerprint density at radius 3 is 2.73 bits per heavy atom. The summed E-state index contributed by atoms with van der Waals surface area (Å²) >= 11 is 10.4. The van der Waals surface area contributed by atoms with Gasteiger partial charge in [0.15, 0.2) is 0 Å². The molecule has 1 saturated heterocycles. The van der Waals surface area contributed by atoms with Crippen LogP contribution in [0.4, 0.5) is 0 Å². The lowest BCUT2D eigenvalue weighted by atomic mass is 9.94. The molecule has 15 heavy (non-hydrogen) atoms. The molecule has 1 aromatic rings. The Morgan fingerprint density at radius 2 is 2.07 bits per heavy atom. The molecule has 1 aromatic carbocycles. The first kappa shape index (κ1) is 11.3. The van der Waals surface area contributed by atoms with Crippen LogP contribution in [0, 0.1) is 5.92 Å². The molecule has 0 aliphatic carbocycles. The van der Waals surface area contributed by atoms with Crippen LogP contribution in [0.3, 0.4) is 0 Å². The lowest BCUT2D eigenvalue weighted by Gasteiger charge is -2.28. The quantitative estimate of drug-likeness (QED) is 0.784. The maximum Gasteiger partial charge on any atom is 0.0507 e. The highest BCUT2D eigenvalue weighted by Gasteiger charge is 2.22.